The van der Waals surface area contributed by atoms with Gasteiger partial charge in [0.05, 0.1) is 21.4 Å². The lowest BCUT2D eigenvalue weighted by molar-refractivity contribution is 1.18. The molecule has 296 valence electrons. The molecule has 0 aliphatic carbocycles. The average Bonchev–Trinajstić information content (AvgIpc) is 3.91. The summed E-state index contributed by atoms with van der Waals surface area (Å²) in [7, 11) is 0. The molecule has 0 bridgehead atoms. The quantitative estimate of drug-likeness (QED) is 0.148. The predicted molar refractivity (Wildman–Crippen MR) is 270 cm³/mol. The molecule has 10 aromatic carbocycles. The molecular weight excluding hydrogens is 781 g/mol. The number of nitrogens with zero attached hydrogens (tertiary/aromatic N) is 2. The number of para-hydroxylation sites is 2. The van der Waals surface area contributed by atoms with E-state index in [2.05, 4.69) is 252 Å². The van der Waals surface area contributed by atoms with Gasteiger partial charge in [-0.25, -0.2) is 0 Å². The minimum Gasteiger partial charge on any atom is -0.309 e. The molecule has 12 rings (SSSR count). The predicted octanol–water partition coefficient (Wildman–Crippen LogP) is 17.3. The van der Waals surface area contributed by atoms with E-state index >= 15 is 0 Å². The molecule has 0 unspecified atom stereocenters. The normalized spacial score (nSPS) is 11.5. The van der Waals surface area contributed by atoms with Gasteiger partial charge in [-0.2, -0.15) is 0 Å². The lowest BCUT2D eigenvalue weighted by atomic mass is 9.86. The average molecular weight is 821 g/mol. The van der Waals surface area contributed by atoms with Crippen molar-refractivity contribution in [1.29, 1.82) is 0 Å². The maximum Gasteiger partial charge on any atom is 0.0640 e. The highest BCUT2D eigenvalue weighted by Crippen LogP contribution is 2.49. The molecule has 0 spiro atoms. The van der Waals surface area contributed by atoms with Crippen LogP contribution in [-0.4, -0.2) is 4.57 Å². The van der Waals surface area contributed by atoms with Gasteiger partial charge in [-0.1, -0.05) is 188 Å². The molecule has 2 nitrogen and oxygen atoms in total. The standard InChI is InChI=1S/C60H40N2S/c1-4-19-41(20-5-1)46-25-10-12-27-48(46)50-37-35-44(39-55(50)49-28-13-11-26-47(49)42-21-6-2-7-22-42)61(57-33-18-31-54-53-30-15-17-34-59(53)63-60(54)57)45-36-38-52-51-29-14-16-32-56(51)62(58(52)40-45)43-23-8-3-9-24-43/h1-40H. The molecule has 0 saturated heterocycles. The topological polar surface area (TPSA) is 8.17 Å². The smallest absolute Gasteiger partial charge is 0.0640 e. The number of rotatable bonds is 8. The molecule has 0 fully saturated rings. The van der Waals surface area contributed by atoms with Gasteiger partial charge in [0.1, 0.15) is 0 Å². The summed E-state index contributed by atoms with van der Waals surface area (Å²) in [6, 6.07) is 88.5. The first-order valence-electron chi connectivity index (χ1n) is 21.5. The van der Waals surface area contributed by atoms with Gasteiger partial charge in [0.25, 0.3) is 0 Å². The zero-order chi connectivity index (χ0) is 41.7. The minimum atomic E-state index is 1.08. The Morgan fingerprint density at radius 1 is 0.317 bits per heavy atom. The fourth-order valence-electron chi connectivity index (χ4n) is 9.59. The van der Waals surface area contributed by atoms with E-state index in [-0.39, 0.29) is 0 Å². The first-order valence-corrected chi connectivity index (χ1v) is 22.3. The highest BCUT2D eigenvalue weighted by atomic mass is 32.1. The summed E-state index contributed by atoms with van der Waals surface area (Å²) in [6.07, 6.45) is 0. The second kappa shape index (κ2) is 15.5. The second-order valence-electron chi connectivity index (χ2n) is 16.0. The Hall–Kier alpha value is -7.98. The molecular formula is C60H40N2S. The van der Waals surface area contributed by atoms with Crippen LogP contribution in [0.3, 0.4) is 0 Å². The summed E-state index contributed by atoms with van der Waals surface area (Å²) in [5.74, 6) is 0. The number of hydrogen-bond acceptors (Lipinski definition) is 2. The number of aromatic nitrogens is 1. The van der Waals surface area contributed by atoms with E-state index in [9.17, 15) is 0 Å². The molecule has 2 aromatic heterocycles. The third kappa shape index (κ3) is 6.33. The van der Waals surface area contributed by atoms with Gasteiger partial charge < -0.3 is 9.47 Å². The summed E-state index contributed by atoms with van der Waals surface area (Å²) in [4.78, 5) is 2.49. The Morgan fingerprint density at radius 2 is 0.825 bits per heavy atom. The van der Waals surface area contributed by atoms with E-state index in [4.69, 9.17) is 0 Å². The Bertz CT molecular complexity index is 3620. The molecule has 12 aromatic rings. The van der Waals surface area contributed by atoms with Crippen molar-refractivity contribution >= 4 is 70.4 Å². The molecule has 63 heavy (non-hydrogen) atoms. The van der Waals surface area contributed by atoms with E-state index in [0.717, 1.165) is 28.3 Å². The van der Waals surface area contributed by atoms with Crippen LogP contribution in [0.5, 0.6) is 0 Å². The Balaban J connectivity index is 1.16. The van der Waals surface area contributed by atoms with Crippen molar-refractivity contribution in [1.82, 2.24) is 4.57 Å². The molecule has 0 atom stereocenters. The summed E-state index contributed by atoms with van der Waals surface area (Å²) < 4.78 is 4.95. The second-order valence-corrected chi connectivity index (χ2v) is 17.1. The Labute approximate surface area is 370 Å². The van der Waals surface area contributed by atoms with Crippen LogP contribution in [0.2, 0.25) is 0 Å². The van der Waals surface area contributed by atoms with Crippen LogP contribution < -0.4 is 4.90 Å². The van der Waals surface area contributed by atoms with Crippen molar-refractivity contribution < 1.29 is 0 Å². The van der Waals surface area contributed by atoms with Crippen molar-refractivity contribution in [2.45, 2.75) is 0 Å². The summed E-state index contributed by atoms with van der Waals surface area (Å²) in [5.41, 5.74) is 16.3. The summed E-state index contributed by atoms with van der Waals surface area (Å²) in [6.45, 7) is 0. The molecule has 0 aliphatic rings. The first kappa shape index (κ1) is 36.8. The molecule has 2 heterocycles. The van der Waals surface area contributed by atoms with Crippen LogP contribution in [-0.2, 0) is 0 Å². The highest BCUT2D eigenvalue weighted by Gasteiger charge is 2.23. The molecule has 0 N–H and O–H groups in total. The fraction of sp³-hybridized carbons (Fsp3) is 0. The Kier molecular flexibility index (Phi) is 9.06. The third-order valence-corrected chi connectivity index (χ3v) is 13.6. The van der Waals surface area contributed by atoms with E-state index in [0.29, 0.717) is 0 Å². The maximum atomic E-state index is 2.49. The number of thiophene rings is 1. The number of fused-ring (bicyclic) bond motifs is 6. The van der Waals surface area contributed by atoms with Crippen molar-refractivity contribution in [3.8, 4) is 50.2 Å². The number of hydrogen-bond donors (Lipinski definition) is 0. The van der Waals surface area contributed by atoms with E-state index in [1.807, 2.05) is 11.3 Å². The van der Waals surface area contributed by atoms with E-state index < -0.39 is 0 Å². The van der Waals surface area contributed by atoms with Gasteiger partial charge in [0.15, 0.2) is 0 Å². The van der Waals surface area contributed by atoms with Crippen LogP contribution in [0.1, 0.15) is 0 Å². The Morgan fingerprint density at radius 3 is 1.54 bits per heavy atom. The minimum absolute atomic E-state index is 1.08. The summed E-state index contributed by atoms with van der Waals surface area (Å²) in [5, 5.41) is 5.01. The van der Waals surface area contributed by atoms with Gasteiger partial charge in [0.2, 0.25) is 0 Å². The van der Waals surface area contributed by atoms with Crippen LogP contribution in [0.15, 0.2) is 243 Å². The fourth-order valence-corrected chi connectivity index (χ4v) is 10.8. The van der Waals surface area contributed by atoms with Crippen LogP contribution in [0.25, 0.3) is 92.2 Å². The molecule has 0 saturated carbocycles. The van der Waals surface area contributed by atoms with Crippen molar-refractivity contribution in [2.24, 2.45) is 0 Å². The van der Waals surface area contributed by atoms with Gasteiger partial charge >= 0.3 is 0 Å². The SMILES string of the molecule is c1ccc(-c2ccccc2-c2ccc(N(c3ccc4c5ccccc5n(-c5ccccc5)c4c3)c3cccc4c3sc3ccccc34)cc2-c2ccccc2-c2ccccc2)cc1. The number of benzene rings is 10. The molecule has 0 radical (unpaired) electrons. The highest BCUT2D eigenvalue weighted by molar-refractivity contribution is 7.26. The van der Waals surface area contributed by atoms with Gasteiger partial charge in [-0.3, -0.25) is 0 Å². The van der Waals surface area contributed by atoms with E-state index in [1.165, 1.54) is 81.0 Å². The van der Waals surface area contributed by atoms with Crippen LogP contribution in [0.4, 0.5) is 17.1 Å². The van der Waals surface area contributed by atoms with Crippen LogP contribution >= 0.6 is 11.3 Å². The van der Waals surface area contributed by atoms with E-state index in [1.54, 1.807) is 0 Å². The maximum absolute atomic E-state index is 2.49. The lowest BCUT2D eigenvalue weighted by Gasteiger charge is -2.28. The molecule has 3 heteroatoms. The lowest BCUT2D eigenvalue weighted by Crippen LogP contribution is -2.11. The summed E-state index contributed by atoms with van der Waals surface area (Å²) >= 11 is 1.87. The largest absolute Gasteiger partial charge is 0.309 e. The zero-order valence-corrected chi connectivity index (χ0v) is 35.2. The molecule has 0 aliphatic heterocycles. The molecule has 0 amide bonds. The van der Waals surface area contributed by atoms with Crippen molar-refractivity contribution in [2.75, 3.05) is 4.90 Å². The number of anilines is 3. The van der Waals surface area contributed by atoms with Crippen LogP contribution in [0, 0.1) is 0 Å². The van der Waals surface area contributed by atoms with Crippen molar-refractivity contribution in [3.63, 3.8) is 0 Å². The first-order chi connectivity index (χ1) is 31.3. The van der Waals surface area contributed by atoms with Gasteiger partial charge in [-0.05, 0) is 99.1 Å². The van der Waals surface area contributed by atoms with Gasteiger partial charge in [0, 0.05) is 43.3 Å². The third-order valence-electron chi connectivity index (χ3n) is 12.4. The van der Waals surface area contributed by atoms with Gasteiger partial charge in [-0.15, -0.1) is 11.3 Å². The van der Waals surface area contributed by atoms with Crippen molar-refractivity contribution in [3.05, 3.63) is 243 Å². The monoisotopic (exact) mass is 820 g/mol. The zero-order valence-electron chi connectivity index (χ0n) is 34.4.